The molecule has 0 spiro atoms. The lowest BCUT2D eigenvalue weighted by Crippen LogP contribution is -2.32. The molecule has 0 aliphatic carbocycles. The van der Waals surface area contributed by atoms with Crippen molar-refractivity contribution in [1.29, 1.82) is 0 Å². The minimum absolute atomic E-state index is 0.127. The van der Waals surface area contributed by atoms with Gasteiger partial charge in [0.1, 0.15) is 0 Å². The molecule has 0 aromatic heterocycles. The highest BCUT2D eigenvalue weighted by Gasteiger charge is 2.22. The lowest BCUT2D eigenvalue weighted by Gasteiger charge is -2.20. The van der Waals surface area contributed by atoms with Gasteiger partial charge in [0.2, 0.25) is 10.0 Å². The number of hydrogen-bond donors (Lipinski definition) is 0. The van der Waals surface area contributed by atoms with Crippen molar-refractivity contribution in [1.82, 2.24) is 4.31 Å². The molecule has 0 aliphatic heterocycles. The zero-order valence-corrected chi connectivity index (χ0v) is 13.2. The molecule has 1 aromatic rings. The summed E-state index contributed by atoms with van der Waals surface area (Å²) in [4.78, 5) is 11.4. The molecule has 116 valence electrons. The summed E-state index contributed by atoms with van der Waals surface area (Å²) in [5.41, 5.74) is 0.714. The molecule has 0 fully saturated rings. The van der Waals surface area contributed by atoms with E-state index in [1.807, 2.05) is 6.92 Å². The number of sulfonamides is 1. The number of benzene rings is 1. The van der Waals surface area contributed by atoms with Crippen molar-refractivity contribution in [3.05, 3.63) is 42.5 Å². The van der Waals surface area contributed by atoms with E-state index in [0.717, 1.165) is 6.42 Å². The third-order valence-electron chi connectivity index (χ3n) is 2.94. The topological polar surface area (TPSA) is 63.7 Å². The third kappa shape index (κ3) is 4.68. The summed E-state index contributed by atoms with van der Waals surface area (Å²) in [6.45, 7) is 6.23. The van der Waals surface area contributed by atoms with Crippen LogP contribution in [0.15, 0.2) is 41.8 Å². The van der Waals surface area contributed by atoms with Crippen molar-refractivity contribution in [3.8, 4) is 0 Å². The number of esters is 1. The zero-order valence-electron chi connectivity index (χ0n) is 12.4. The SMILES string of the molecule is C=CCN(CCC)S(=O)(=O)c1ccc(CC(=O)OC)cc1. The largest absolute Gasteiger partial charge is 0.469 e. The second-order valence-electron chi connectivity index (χ2n) is 4.55. The molecule has 0 unspecified atom stereocenters. The maximum absolute atomic E-state index is 12.5. The van der Waals surface area contributed by atoms with E-state index < -0.39 is 10.0 Å². The lowest BCUT2D eigenvalue weighted by atomic mass is 10.2. The van der Waals surface area contributed by atoms with Crippen LogP contribution in [0, 0.1) is 0 Å². The maximum atomic E-state index is 12.5. The van der Waals surface area contributed by atoms with Gasteiger partial charge < -0.3 is 4.74 Å². The average molecular weight is 311 g/mol. The molecule has 0 saturated heterocycles. The Labute approximate surface area is 126 Å². The van der Waals surface area contributed by atoms with E-state index in [0.29, 0.717) is 12.1 Å². The Morgan fingerprint density at radius 2 is 1.95 bits per heavy atom. The van der Waals surface area contributed by atoms with Gasteiger partial charge in [-0.05, 0) is 24.1 Å². The predicted octanol–water partition coefficient (Wildman–Crippen LogP) is 1.99. The minimum atomic E-state index is -3.53. The van der Waals surface area contributed by atoms with E-state index in [4.69, 9.17) is 0 Å². The fourth-order valence-corrected chi connectivity index (χ4v) is 3.37. The smallest absolute Gasteiger partial charge is 0.309 e. The molecule has 0 bridgehead atoms. The van der Waals surface area contributed by atoms with E-state index >= 15 is 0 Å². The first-order chi connectivity index (χ1) is 9.95. The third-order valence-corrected chi connectivity index (χ3v) is 4.82. The van der Waals surface area contributed by atoms with Gasteiger partial charge in [0, 0.05) is 13.1 Å². The highest BCUT2D eigenvalue weighted by atomic mass is 32.2. The second-order valence-corrected chi connectivity index (χ2v) is 6.49. The molecule has 1 rings (SSSR count). The number of carbonyl (C=O) groups excluding carboxylic acids is 1. The molecule has 0 saturated carbocycles. The van der Waals surface area contributed by atoms with Gasteiger partial charge in [-0.2, -0.15) is 4.31 Å². The van der Waals surface area contributed by atoms with Crippen molar-refractivity contribution < 1.29 is 17.9 Å². The molecular formula is C15H21NO4S. The quantitative estimate of drug-likeness (QED) is 0.544. The molecule has 1 aromatic carbocycles. The van der Waals surface area contributed by atoms with E-state index in [-0.39, 0.29) is 23.8 Å². The number of carbonyl (C=O) groups is 1. The van der Waals surface area contributed by atoms with Crippen molar-refractivity contribution in [2.75, 3.05) is 20.2 Å². The molecule has 0 amide bonds. The molecule has 0 N–H and O–H groups in total. The van der Waals surface area contributed by atoms with E-state index in [2.05, 4.69) is 11.3 Å². The van der Waals surface area contributed by atoms with Crippen molar-refractivity contribution in [2.45, 2.75) is 24.7 Å². The van der Waals surface area contributed by atoms with Crippen LogP contribution in [0.3, 0.4) is 0 Å². The first-order valence-corrected chi connectivity index (χ1v) is 8.16. The number of hydrogen-bond acceptors (Lipinski definition) is 4. The summed E-state index contributed by atoms with van der Waals surface area (Å²) >= 11 is 0. The van der Waals surface area contributed by atoms with Crippen LogP contribution in [-0.2, 0) is 26.0 Å². The predicted molar refractivity (Wildman–Crippen MR) is 81.4 cm³/mol. The van der Waals surface area contributed by atoms with Crippen LogP contribution >= 0.6 is 0 Å². The van der Waals surface area contributed by atoms with Crippen molar-refractivity contribution >= 4 is 16.0 Å². The average Bonchev–Trinajstić information content (AvgIpc) is 2.47. The number of rotatable bonds is 8. The van der Waals surface area contributed by atoms with Crippen LogP contribution in [0.5, 0.6) is 0 Å². The van der Waals surface area contributed by atoms with Gasteiger partial charge in [0.15, 0.2) is 0 Å². The van der Waals surface area contributed by atoms with Crippen LogP contribution in [0.4, 0.5) is 0 Å². The van der Waals surface area contributed by atoms with Crippen molar-refractivity contribution in [2.24, 2.45) is 0 Å². The highest BCUT2D eigenvalue weighted by Crippen LogP contribution is 2.17. The Morgan fingerprint density at radius 1 is 1.33 bits per heavy atom. The molecule has 0 heterocycles. The molecular weight excluding hydrogens is 290 g/mol. The van der Waals surface area contributed by atoms with E-state index in [9.17, 15) is 13.2 Å². The van der Waals surface area contributed by atoms with Crippen molar-refractivity contribution in [3.63, 3.8) is 0 Å². The molecule has 0 atom stereocenters. The first-order valence-electron chi connectivity index (χ1n) is 6.72. The fourth-order valence-electron chi connectivity index (χ4n) is 1.87. The van der Waals surface area contributed by atoms with E-state index in [1.54, 1.807) is 18.2 Å². The second kappa shape index (κ2) is 7.95. The lowest BCUT2D eigenvalue weighted by molar-refractivity contribution is -0.139. The number of methoxy groups -OCH3 is 1. The fraction of sp³-hybridized carbons (Fsp3) is 0.400. The zero-order chi connectivity index (χ0) is 15.9. The summed E-state index contributed by atoms with van der Waals surface area (Å²) in [5, 5.41) is 0. The standard InChI is InChI=1S/C15H21NO4S/c1-4-10-16(11-5-2)21(18,19)14-8-6-13(7-9-14)12-15(17)20-3/h4,6-9H,1,5,10-12H2,2-3H3. The van der Waals surface area contributed by atoms with Crippen LogP contribution in [0.2, 0.25) is 0 Å². The molecule has 5 nitrogen and oxygen atoms in total. The Hall–Kier alpha value is -1.66. The summed E-state index contributed by atoms with van der Waals surface area (Å²) in [6, 6.07) is 6.28. The summed E-state index contributed by atoms with van der Waals surface area (Å²) in [7, 11) is -2.21. The van der Waals surface area contributed by atoms with Crippen LogP contribution in [0.1, 0.15) is 18.9 Å². The monoisotopic (exact) mass is 311 g/mol. The maximum Gasteiger partial charge on any atom is 0.309 e. The normalized spacial score (nSPS) is 11.4. The summed E-state index contributed by atoms with van der Waals surface area (Å²) < 4.78 is 30.9. The van der Waals surface area contributed by atoms with Crippen LogP contribution in [0.25, 0.3) is 0 Å². The van der Waals surface area contributed by atoms with Gasteiger partial charge in [0.25, 0.3) is 0 Å². The van der Waals surface area contributed by atoms with Crippen LogP contribution in [-0.4, -0.2) is 38.9 Å². The molecule has 6 heteroatoms. The van der Waals surface area contributed by atoms with E-state index in [1.165, 1.54) is 23.5 Å². The minimum Gasteiger partial charge on any atom is -0.469 e. The number of nitrogens with zero attached hydrogens (tertiary/aromatic N) is 1. The first kappa shape index (κ1) is 17.4. The summed E-state index contributed by atoms with van der Waals surface area (Å²) in [5.74, 6) is -0.357. The summed E-state index contributed by atoms with van der Waals surface area (Å²) in [6.07, 6.45) is 2.43. The van der Waals surface area contributed by atoms with Gasteiger partial charge in [-0.1, -0.05) is 25.1 Å². The molecule has 0 radical (unpaired) electrons. The van der Waals surface area contributed by atoms with Gasteiger partial charge >= 0.3 is 5.97 Å². The van der Waals surface area contributed by atoms with Gasteiger partial charge in [0.05, 0.1) is 18.4 Å². The number of ether oxygens (including phenoxy) is 1. The van der Waals surface area contributed by atoms with Gasteiger partial charge in [-0.25, -0.2) is 8.42 Å². The molecule has 0 aliphatic rings. The van der Waals surface area contributed by atoms with Gasteiger partial charge in [-0.15, -0.1) is 6.58 Å². The Kier molecular flexibility index (Phi) is 6.58. The highest BCUT2D eigenvalue weighted by molar-refractivity contribution is 7.89. The van der Waals surface area contributed by atoms with Crippen LogP contribution < -0.4 is 0 Å². The molecule has 21 heavy (non-hydrogen) atoms. The van der Waals surface area contributed by atoms with Gasteiger partial charge in [-0.3, -0.25) is 4.79 Å². The Balaban J connectivity index is 2.97. The Morgan fingerprint density at radius 3 is 2.43 bits per heavy atom. The Bertz CT molecular complexity index is 578.